The second kappa shape index (κ2) is 6.15. The van der Waals surface area contributed by atoms with Crippen molar-refractivity contribution in [1.29, 1.82) is 0 Å². The van der Waals surface area contributed by atoms with Crippen LogP contribution in [0, 0.1) is 0 Å². The molecule has 0 spiro atoms. The van der Waals surface area contributed by atoms with E-state index >= 15 is 0 Å². The van der Waals surface area contributed by atoms with Crippen molar-refractivity contribution in [1.82, 2.24) is 9.97 Å². The highest BCUT2D eigenvalue weighted by atomic mass is 32.1. The summed E-state index contributed by atoms with van der Waals surface area (Å²) in [5, 5.41) is 2.51. The summed E-state index contributed by atoms with van der Waals surface area (Å²) in [6.45, 7) is 0. The molecule has 0 N–H and O–H groups in total. The van der Waals surface area contributed by atoms with Crippen molar-refractivity contribution in [2.24, 2.45) is 0 Å². The molecule has 0 amide bonds. The van der Waals surface area contributed by atoms with Gasteiger partial charge in [0, 0.05) is 0 Å². The fourth-order valence-corrected chi connectivity index (χ4v) is 4.62. The van der Waals surface area contributed by atoms with Crippen LogP contribution in [0.5, 0.6) is 0 Å². The molecular formula is C18H16N2S2. The Morgan fingerprint density at radius 1 is 0.636 bits per heavy atom. The van der Waals surface area contributed by atoms with Crippen LogP contribution in [0.15, 0.2) is 48.5 Å². The van der Waals surface area contributed by atoms with E-state index < -0.39 is 0 Å². The minimum absolute atomic E-state index is 1.07. The molecule has 0 fully saturated rings. The predicted molar refractivity (Wildman–Crippen MR) is 95.9 cm³/mol. The first-order valence-electron chi connectivity index (χ1n) is 7.57. The van der Waals surface area contributed by atoms with E-state index in [4.69, 9.17) is 9.97 Å². The molecule has 4 heteroatoms. The lowest BCUT2D eigenvalue weighted by atomic mass is 10.2. The highest BCUT2D eigenvalue weighted by Crippen LogP contribution is 2.25. The van der Waals surface area contributed by atoms with Gasteiger partial charge in [-0.15, -0.1) is 22.7 Å². The van der Waals surface area contributed by atoms with Gasteiger partial charge in [0.2, 0.25) is 0 Å². The van der Waals surface area contributed by atoms with Crippen LogP contribution in [0.25, 0.3) is 20.4 Å². The van der Waals surface area contributed by atoms with Gasteiger partial charge in [-0.25, -0.2) is 9.97 Å². The van der Waals surface area contributed by atoms with Crippen molar-refractivity contribution in [3.63, 3.8) is 0 Å². The van der Waals surface area contributed by atoms with Crippen molar-refractivity contribution in [2.45, 2.75) is 25.7 Å². The third-order valence-corrected chi connectivity index (χ3v) is 5.90. The zero-order chi connectivity index (χ0) is 14.8. The number of benzene rings is 2. The molecule has 0 saturated carbocycles. The molecule has 0 aliphatic rings. The first kappa shape index (κ1) is 13.9. The van der Waals surface area contributed by atoms with Crippen molar-refractivity contribution >= 4 is 43.1 Å². The fraction of sp³-hybridized carbons (Fsp3) is 0.222. The van der Waals surface area contributed by atoms with Crippen LogP contribution >= 0.6 is 22.7 Å². The lowest BCUT2D eigenvalue weighted by Crippen LogP contribution is -1.88. The normalized spacial score (nSPS) is 11.5. The molecule has 4 aromatic rings. The maximum atomic E-state index is 4.70. The second-order valence-corrected chi connectivity index (χ2v) is 7.59. The van der Waals surface area contributed by atoms with Crippen LogP contribution in [0.3, 0.4) is 0 Å². The number of rotatable bonds is 5. The lowest BCUT2D eigenvalue weighted by Gasteiger charge is -1.96. The Bertz CT molecular complexity index is 765. The Morgan fingerprint density at radius 2 is 1.09 bits per heavy atom. The number of nitrogens with zero attached hydrogens (tertiary/aromatic N) is 2. The molecule has 2 aromatic carbocycles. The lowest BCUT2D eigenvalue weighted by molar-refractivity contribution is 0.730. The number of thiazole rings is 2. The summed E-state index contributed by atoms with van der Waals surface area (Å²) >= 11 is 3.65. The van der Waals surface area contributed by atoms with E-state index in [2.05, 4.69) is 48.5 Å². The largest absolute Gasteiger partial charge is 0.241 e. The smallest absolute Gasteiger partial charge is 0.0938 e. The molecule has 2 aromatic heterocycles. The van der Waals surface area contributed by atoms with Crippen molar-refractivity contribution in [3.05, 3.63) is 58.5 Å². The number of hydrogen-bond acceptors (Lipinski definition) is 4. The third kappa shape index (κ3) is 2.89. The fourth-order valence-electron chi connectivity index (χ4n) is 2.61. The molecule has 2 heterocycles. The van der Waals surface area contributed by atoms with Gasteiger partial charge in [0.15, 0.2) is 0 Å². The molecule has 0 atom stereocenters. The molecule has 0 aliphatic heterocycles. The van der Waals surface area contributed by atoms with E-state index in [0.717, 1.165) is 23.9 Å². The first-order chi connectivity index (χ1) is 10.9. The van der Waals surface area contributed by atoms with Gasteiger partial charge in [-0.2, -0.15) is 0 Å². The Hall–Kier alpha value is -1.78. The molecule has 0 aliphatic carbocycles. The van der Waals surface area contributed by atoms with Crippen LogP contribution in [0.2, 0.25) is 0 Å². The predicted octanol–water partition coefficient (Wildman–Crippen LogP) is 5.47. The zero-order valence-electron chi connectivity index (χ0n) is 12.2. The molecule has 110 valence electrons. The third-order valence-electron chi connectivity index (χ3n) is 3.71. The van der Waals surface area contributed by atoms with Gasteiger partial charge >= 0.3 is 0 Å². The molecule has 22 heavy (non-hydrogen) atoms. The molecule has 0 unspecified atom stereocenters. The summed E-state index contributed by atoms with van der Waals surface area (Å²) in [5.74, 6) is 0. The zero-order valence-corrected chi connectivity index (χ0v) is 13.8. The molecule has 0 bridgehead atoms. The highest BCUT2D eigenvalue weighted by Gasteiger charge is 2.05. The molecule has 4 rings (SSSR count). The van der Waals surface area contributed by atoms with E-state index in [0.29, 0.717) is 0 Å². The van der Waals surface area contributed by atoms with Crippen molar-refractivity contribution in [2.75, 3.05) is 0 Å². The summed E-state index contributed by atoms with van der Waals surface area (Å²) in [6.07, 6.45) is 4.50. The number of fused-ring (bicyclic) bond motifs is 2. The van der Waals surface area contributed by atoms with Crippen molar-refractivity contribution in [3.8, 4) is 0 Å². The van der Waals surface area contributed by atoms with E-state index in [-0.39, 0.29) is 0 Å². The minimum atomic E-state index is 1.07. The second-order valence-electron chi connectivity index (χ2n) is 5.36. The van der Waals surface area contributed by atoms with Crippen molar-refractivity contribution < 1.29 is 0 Å². The van der Waals surface area contributed by atoms with E-state index in [9.17, 15) is 0 Å². The topological polar surface area (TPSA) is 25.8 Å². The Labute approximate surface area is 137 Å². The van der Waals surface area contributed by atoms with Crippen LogP contribution in [-0.4, -0.2) is 9.97 Å². The monoisotopic (exact) mass is 324 g/mol. The van der Waals surface area contributed by atoms with Crippen LogP contribution in [-0.2, 0) is 12.8 Å². The molecule has 0 saturated heterocycles. The molecule has 0 radical (unpaired) electrons. The maximum Gasteiger partial charge on any atom is 0.0938 e. The molecular weight excluding hydrogens is 308 g/mol. The summed E-state index contributed by atoms with van der Waals surface area (Å²) < 4.78 is 2.59. The number of hydrogen-bond donors (Lipinski definition) is 0. The summed E-state index contributed by atoms with van der Waals surface area (Å²) in [4.78, 5) is 9.40. The van der Waals surface area contributed by atoms with Gasteiger partial charge in [-0.3, -0.25) is 0 Å². The average molecular weight is 324 g/mol. The first-order valence-corrected chi connectivity index (χ1v) is 9.21. The Morgan fingerprint density at radius 3 is 1.55 bits per heavy atom. The number of aryl methyl sites for hydroxylation is 2. The van der Waals surface area contributed by atoms with Gasteiger partial charge in [-0.1, -0.05) is 24.3 Å². The number of para-hydroxylation sites is 2. The van der Waals surface area contributed by atoms with E-state index in [1.54, 1.807) is 0 Å². The summed E-state index contributed by atoms with van der Waals surface area (Å²) in [5.41, 5.74) is 2.27. The van der Waals surface area contributed by atoms with E-state index in [1.807, 2.05) is 22.7 Å². The van der Waals surface area contributed by atoms with Crippen LogP contribution in [0.4, 0.5) is 0 Å². The minimum Gasteiger partial charge on any atom is -0.241 e. The van der Waals surface area contributed by atoms with E-state index in [1.165, 1.54) is 32.3 Å². The average Bonchev–Trinajstić information content (AvgIpc) is 3.14. The van der Waals surface area contributed by atoms with Gasteiger partial charge in [0.25, 0.3) is 0 Å². The maximum absolute atomic E-state index is 4.70. The van der Waals surface area contributed by atoms with Crippen LogP contribution in [0.1, 0.15) is 22.9 Å². The van der Waals surface area contributed by atoms with Crippen LogP contribution < -0.4 is 0 Å². The van der Waals surface area contributed by atoms with Gasteiger partial charge in [0.1, 0.15) is 0 Å². The Balaban J connectivity index is 1.35. The Kier molecular flexibility index (Phi) is 3.87. The molecule has 2 nitrogen and oxygen atoms in total. The quantitative estimate of drug-likeness (QED) is 0.455. The standard InChI is InChI=1S/C18H16N2S2/c1-3-9-15-13(7-1)19-17(21-15)11-5-6-12-18-20-14-8-2-4-10-16(14)22-18/h1-4,7-10H,5-6,11-12H2. The number of aromatic nitrogens is 2. The SMILES string of the molecule is c1ccc2sc(CCCCc3nc4ccccc4s3)nc2c1. The highest BCUT2D eigenvalue weighted by molar-refractivity contribution is 7.18. The van der Waals surface area contributed by atoms with Gasteiger partial charge < -0.3 is 0 Å². The van der Waals surface area contributed by atoms with Gasteiger partial charge in [-0.05, 0) is 49.9 Å². The number of unbranched alkanes of at least 4 members (excludes halogenated alkanes) is 1. The summed E-state index contributed by atoms with van der Waals surface area (Å²) in [6, 6.07) is 16.8. The van der Waals surface area contributed by atoms with Gasteiger partial charge in [0.05, 0.1) is 30.4 Å². The summed E-state index contributed by atoms with van der Waals surface area (Å²) in [7, 11) is 0.